The van der Waals surface area contributed by atoms with E-state index in [0.717, 1.165) is 11.3 Å². The molecule has 21 heavy (non-hydrogen) atoms. The van der Waals surface area contributed by atoms with Crippen molar-refractivity contribution in [2.45, 2.75) is 38.8 Å². The summed E-state index contributed by atoms with van der Waals surface area (Å²) in [7, 11) is 0. The van der Waals surface area contributed by atoms with Crippen LogP contribution >= 0.6 is 0 Å². The van der Waals surface area contributed by atoms with Gasteiger partial charge in [-0.2, -0.15) is 0 Å². The van der Waals surface area contributed by atoms with Crippen LogP contribution in [-0.2, 0) is 0 Å². The molecule has 1 fully saturated rings. The third kappa shape index (κ3) is 3.42. The maximum absolute atomic E-state index is 5.20. The lowest BCUT2D eigenvalue weighted by atomic mass is 10.0. The van der Waals surface area contributed by atoms with E-state index in [-0.39, 0.29) is 0 Å². The topological polar surface area (TPSA) is 54.2 Å². The average molecular weight is 286 g/mol. The third-order valence-electron chi connectivity index (χ3n) is 4.12. The molecular formula is C16H22N4O. The van der Waals surface area contributed by atoms with Gasteiger partial charge in [0, 0.05) is 36.4 Å². The normalized spacial score (nSPS) is 17.3. The fourth-order valence-electron chi connectivity index (χ4n) is 2.80. The number of aromatic nitrogens is 2. The minimum Gasteiger partial charge on any atom is -0.423 e. The number of nitrogens with zero attached hydrogens (tertiary/aromatic N) is 3. The van der Waals surface area contributed by atoms with E-state index < -0.39 is 0 Å². The third-order valence-corrected chi connectivity index (χ3v) is 4.12. The Morgan fingerprint density at radius 1 is 1.19 bits per heavy atom. The molecule has 1 aliphatic heterocycles. The summed E-state index contributed by atoms with van der Waals surface area (Å²) in [6.45, 7) is 6.89. The molecule has 0 bridgehead atoms. The fourth-order valence-corrected chi connectivity index (χ4v) is 2.80. The van der Waals surface area contributed by atoms with Gasteiger partial charge in [0.1, 0.15) is 0 Å². The predicted octanol–water partition coefficient (Wildman–Crippen LogP) is 3.02. The van der Waals surface area contributed by atoms with E-state index in [0.29, 0.717) is 18.0 Å². The summed E-state index contributed by atoms with van der Waals surface area (Å²) in [5.41, 5.74) is 2.11. The van der Waals surface area contributed by atoms with Crippen molar-refractivity contribution in [1.29, 1.82) is 0 Å². The van der Waals surface area contributed by atoms with E-state index in [9.17, 15) is 0 Å². The first-order valence-electron chi connectivity index (χ1n) is 7.59. The monoisotopic (exact) mass is 286 g/mol. The summed E-state index contributed by atoms with van der Waals surface area (Å²) in [6, 6.07) is 9.40. The molecule has 0 aliphatic carbocycles. The van der Waals surface area contributed by atoms with Gasteiger partial charge in [0.15, 0.2) is 0 Å². The number of hydrogen-bond acceptors (Lipinski definition) is 5. The Hall–Kier alpha value is -1.88. The van der Waals surface area contributed by atoms with E-state index in [1.54, 1.807) is 0 Å². The van der Waals surface area contributed by atoms with Gasteiger partial charge >= 0.3 is 0 Å². The highest BCUT2D eigenvalue weighted by atomic mass is 16.4. The SMILES string of the molecule is CC(C)N1CCC(Nc2ccc(-c3nnco3)cc2)CC1. The van der Waals surface area contributed by atoms with Crippen LogP contribution in [0, 0.1) is 0 Å². The van der Waals surface area contributed by atoms with Crippen LogP contribution in [0.5, 0.6) is 0 Å². The number of nitrogens with one attached hydrogen (secondary N) is 1. The highest BCUT2D eigenvalue weighted by Crippen LogP contribution is 2.21. The second kappa shape index (κ2) is 6.26. The second-order valence-corrected chi connectivity index (χ2v) is 5.87. The average Bonchev–Trinajstić information content (AvgIpc) is 3.03. The molecule has 0 spiro atoms. The molecule has 0 amide bonds. The lowest BCUT2D eigenvalue weighted by molar-refractivity contribution is 0.177. The van der Waals surface area contributed by atoms with Gasteiger partial charge in [-0.15, -0.1) is 10.2 Å². The smallest absolute Gasteiger partial charge is 0.247 e. The van der Waals surface area contributed by atoms with Crippen LogP contribution in [0.1, 0.15) is 26.7 Å². The van der Waals surface area contributed by atoms with Crippen molar-refractivity contribution >= 4 is 5.69 Å². The van der Waals surface area contributed by atoms with E-state index in [1.165, 1.54) is 32.3 Å². The summed E-state index contributed by atoms with van der Waals surface area (Å²) in [5, 5.41) is 11.2. The first-order valence-corrected chi connectivity index (χ1v) is 7.59. The number of likely N-dealkylation sites (tertiary alicyclic amines) is 1. The molecule has 112 valence electrons. The molecule has 0 unspecified atom stereocenters. The zero-order valence-corrected chi connectivity index (χ0v) is 12.6. The van der Waals surface area contributed by atoms with Crippen LogP contribution < -0.4 is 5.32 Å². The molecule has 3 rings (SSSR count). The standard InChI is InChI=1S/C16H22N4O/c1-12(2)20-9-7-15(8-10-20)18-14-5-3-13(4-6-14)16-19-17-11-21-16/h3-6,11-12,15,18H,7-10H2,1-2H3. The molecule has 1 aromatic heterocycles. The highest BCUT2D eigenvalue weighted by Gasteiger charge is 2.20. The fraction of sp³-hybridized carbons (Fsp3) is 0.500. The minimum absolute atomic E-state index is 0.562. The van der Waals surface area contributed by atoms with Gasteiger partial charge in [-0.25, -0.2) is 0 Å². The maximum Gasteiger partial charge on any atom is 0.247 e. The highest BCUT2D eigenvalue weighted by molar-refractivity contribution is 5.58. The van der Waals surface area contributed by atoms with E-state index in [1.807, 2.05) is 12.1 Å². The minimum atomic E-state index is 0.562. The number of benzene rings is 1. The Balaban J connectivity index is 1.57. The van der Waals surface area contributed by atoms with Crippen LogP contribution in [0.4, 0.5) is 5.69 Å². The van der Waals surface area contributed by atoms with Crippen LogP contribution in [-0.4, -0.2) is 40.3 Å². The van der Waals surface area contributed by atoms with Crippen LogP contribution in [0.15, 0.2) is 35.1 Å². The molecule has 1 aliphatic rings. The Morgan fingerprint density at radius 3 is 2.48 bits per heavy atom. The molecule has 1 saturated heterocycles. The summed E-state index contributed by atoms with van der Waals surface area (Å²) < 4.78 is 5.20. The first kappa shape index (κ1) is 14.1. The van der Waals surface area contributed by atoms with Crippen LogP contribution in [0.2, 0.25) is 0 Å². The van der Waals surface area contributed by atoms with Gasteiger partial charge < -0.3 is 14.6 Å². The molecule has 5 nitrogen and oxygen atoms in total. The van der Waals surface area contributed by atoms with Crippen molar-refractivity contribution in [1.82, 2.24) is 15.1 Å². The van der Waals surface area contributed by atoms with Gasteiger partial charge in [-0.1, -0.05) is 0 Å². The van der Waals surface area contributed by atoms with Gasteiger partial charge in [0.25, 0.3) is 0 Å². The Kier molecular flexibility index (Phi) is 4.20. The summed E-state index contributed by atoms with van der Waals surface area (Å²) in [4.78, 5) is 2.54. The van der Waals surface area contributed by atoms with Crippen molar-refractivity contribution < 1.29 is 4.42 Å². The van der Waals surface area contributed by atoms with Crippen molar-refractivity contribution in [3.63, 3.8) is 0 Å². The van der Waals surface area contributed by atoms with E-state index >= 15 is 0 Å². The van der Waals surface area contributed by atoms with Gasteiger partial charge in [0.05, 0.1) is 0 Å². The van der Waals surface area contributed by atoms with Crippen LogP contribution in [0.25, 0.3) is 11.5 Å². The Bertz CT molecular complexity index is 542. The predicted molar refractivity (Wildman–Crippen MR) is 83.1 cm³/mol. The molecule has 1 aromatic carbocycles. The number of rotatable bonds is 4. The van der Waals surface area contributed by atoms with Gasteiger partial charge in [-0.3, -0.25) is 0 Å². The van der Waals surface area contributed by atoms with E-state index in [4.69, 9.17) is 4.42 Å². The number of hydrogen-bond donors (Lipinski definition) is 1. The molecule has 0 saturated carbocycles. The molecule has 2 aromatic rings. The van der Waals surface area contributed by atoms with Gasteiger partial charge in [0.2, 0.25) is 12.3 Å². The van der Waals surface area contributed by atoms with Gasteiger partial charge in [-0.05, 0) is 51.0 Å². The van der Waals surface area contributed by atoms with Crippen molar-refractivity contribution in [3.8, 4) is 11.5 Å². The van der Waals surface area contributed by atoms with Crippen molar-refractivity contribution in [2.75, 3.05) is 18.4 Å². The zero-order chi connectivity index (χ0) is 14.7. The molecule has 1 N–H and O–H groups in total. The zero-order valence-electron chi connectivity index (χ0n) is 12.6. The van der Waals surface area contributed by atoms with Crippen LogP contribution in [0.3, 0.4) is 0 Å². The Labute approximate surface area is 125 Å². The molecule has 0 radical (unpaired) electrons. The summed E-state index contributed by atoms with van der Waals surface area (Å²) >= 11 is 0. The lowest BCUT2D eigenvalue weighted by Crippen LogP contribution is -2.42. The van der Waals surface area contributed by atoms with Crippen molar-refractivity contribution in [3.05, 3.63) is 30.7 Å². The molecular weight excluding hydrogens is 264 g/mol. The summed E-state index contributed by atoms with van der Waals surface area (Å²) in [5.74, 6) is 0.562. The van der Waals surface area contributed by atoms with E-state index in [2.05, 4.69) is 46.4 Å². The molecule has 5 heteroatoms. The Morgan fingerprint density at radius 2 is 1.90 bits per heavy atom. The number of anilines is 1. The number of piperidine rings is 1. The second-order valence-electron chi connectivity index (χ2n) is 5.87. The largest absolute Gasteiger partial charge is 0.423 e. The van der Waals surface area contributed by atoms with Crippen molar-refractivity contribution in [2.24, 2.45) is 0 Å². The first-order chi connectivity index (χ1) is 10.2. The molecule has 0 atom stereocenters. The summed E-state index contributed by atoms with van der Waals surface area (Å²) in [6.07, 6.45) is 3.75. The quantitative estimate of drug-likeness (QED) is 0.936. The maximum atomic E-state index is 5.20. The molecule has 2 heterocycles. The lowest BCUT2D eigenvalue weighted by Gasteiger charge is -2.35.